The maximum absolute atomic E-state index is 12.4. The predicted octanol–water partition coefficient (Wildman–Crippen LogP) is 2.85. The van der Waals surface area contributed by atoms with Gasteiger partial charge in [0, 0.05) is 11.8 Å². The van der Waals surface area contributed by atoms with Crippen molar-refractivity contribution in [2.75, 3.05) is 0 Å². The van der Waals surface area contributed by atoms with E-state index in [0.29, 0.717) is 23.5 Å². The number of hydrogen-bond acceptors (Lipinski definition) is 3. The molecule has 0 radical (unpaired) electrons. The summed E-state index contributed by atoms with van der Waals surface area (Å²) in [6.45, 7) is 4.47. The highest BCUT2D eigenvalue weighted by Gasteiger charge is 2.60. The molecule has 3 nitrogen and oxygen atoms in total. The number of aliphatic hydroxyl groups is 2. The number of fused-ring (bicyclic) bond motifs is 5. The lowest BCUT2D eigenvalue weighted by Gasteiger charge is -2.58. The predicted molar refractivity (Wildman–Crippen MR) is 84.1 cm³/mol. The molecular weight excluding hydrogens is 276 g/mol. The normalized spacial score (nSPS) is 54.3. The minimum Gasteiger partial charge on any atom is -0.389 e. The fourth-order valence-electron chi connectivity index (χ4n) is 6.53. The molecule has 0 spiro atoms. The van der Waals surface area contributed by atoms with Crippen molar-refractivity contribution in [3.8, 4) is 0 Å². The van der Waals surface area contributed by atoms with E-state index in [2.05, 4.69) is 13.8 Å². The second kappa shape index (κ2) is 4.67. The van der Waals surface area contributed by atoms with Gasteiger partial charge in [0.05, 0.1) is 12.2 Å². The number of aliphatic hydroxyl groups excluding tert-OH is 2. The van der Waals surface area contributed by atoms with Gasteiger partial charge in [-0.2, -0.15) is 0 Å². The van der Waals surface area contributed by atoms with Gasteiger partial charge >= 0.3 is 0 Å². The van der Waals surface area contributed by atoms with Gasteiger partial charge in [-0.05, 0) is 67.3 Å². The molecule has 0 aliphatic heterocycles. The van der Waals surface area contributed by atoms with Crippen LogP contribution in [0.4, 0.5) is 0 Å². The zero-order chi connectivity index (χ0) is 15.7. The van der Waals surface area contributed by atoms with Crippen LogP contribution in [-0.2, 0) is 4.79 Å². The van der Waals surface area contributed by atoms with E-state index < -0.39 is 12.2 Å². The molecule has 122 valence electrons. The van der Waals surface area contributed by atoms with Crippen molar-refractivity contribution < 1.29 is 15.0 Å². The van der Waals surface area contributed by atoms with Crippen molar-refractivity contribution in [2.24, 2.45) is 28.6 Å². The molecule has 4 aliphatic carbocycles. The first-order chi connectivity index (χ1) is 10.4. The largest absolute Gasteiger partial charge is 0.389 e. The highest BCUT2D eigenvalue weighted by Crippen LogP contribution is 2.64. The number of carbonyl (C=O) groups excluding carboxylic acids is 1. The lowest BCUT2D eigenvalue weighted by Crippen LogP contribution is -2.54. The zero-order valence-corrected chi connectivity index (χ0v) is 13.7. The number of ketones is 1. The molecule has 4 rings (SSSR count). The Morgan fingerprint density at radius 3 is 2.50 bits per heavy atom. The Labute approximate surface area is 132 Å². The lowest BCUT2D eigenvalue weighted by molar-refractivity contribution is -0.134. The first-order valence-corrected chi connectivity index (χ1v) is 8.98. The van der Waals surface area contributed by atoms with Crippen LogP contribution in [0.15, 0.2) is 11.6 Å². The van der Waals surface area contributed by atoms with Gasteiger partial charge in [0.2, 0.25) is 0 Å². The minimum atomic E-state index is -0.431. The molecule has 4 aliphatic rings. The molecule has 3 saturated carbocycles. The smallest absolute Gasteiger partial charge is 0.139 e. The van der Waals surface area contributed by atoms with E-state index in [1.807, 2.05) is 6.08 Å². The summed E-state index contributed by atoms with van der Waals surface area (Å²) in [7, 11) is 0. The Morgan fingerprint density at radius 1 is 1.05 bits per heavy atom. The molecule has 2 N–H and O–H groups in total. The van der Waals surface area contributed by atoms with E-state index in [1.165, 1.54) is 0 Å². The van der Waals surface area contributed by atoms with Gasteiger partial charge in [0.25, 0.3) is 0 Å². The summed E-state index contributed by atoms with van der Waals surface area (Å²) in [6, 6.07) is 0. The van der Waals surface area contributed by atoms with Gasteiger partial charge in [-0.3, -0.25) is 4.79 Å². The Hall–Kier alpha value is -0.670. The van der Waals surface area contributed by atoms with E-state index in [0.717, 1.165) is 50.5 Å². The van der Waals surface area contributed by atoms with Crippen LogP contribution < -0.4 is 0 Å². The van der Waals surface area contributed by atoms with Crippen LogP contribution in [0.5, 0.6) is 0 Å². The second-order valence-electron chi connectivity index (χ2n) is 8.69. The van der Waals surface area contributed by atoms with Crippen LogP contribution in [-0.4, -0.2) is 28.2 Å². The van der Waals surface area contributed by atoms with Crippen LogP contribution in [0.3, 0.4) is 0 Å². The van der Waals surface area contributed by atoms with Gasteiger partial charge in [-0.15, -0.1) is 0 Å². The van der Waals surface area contributed by atoms with E-state index >= 15 is 0 Å². The molecular formula is C19H28O3. The summed E-state index contributed by atoms with van der Waals surface area (Å²) in [6.07, 6.45) is 7.52. The highest BCUT2D eigenvalue weighted by molar-refractivity contribution is 5.87. The van der Waals surface area contributed by atoms with Crippen molar-refractivity contribution in [3.05, 3.63) is 11.6 Å². The molecule has 0 aromatic heterocycles. The van der Waals surface area contributed by atoms with Gasteiger partial charge in [-0.25, -0.2) is 0 Å². The molecule has 0 saturated heterocycles. The van der Waals surface area contributed by atoms with E-state index in [1.54, 1.807) is 0 Å². The number of Topliss-reactive ketones (excluding diaryl/α,β-unsaturated/α-hetero) is 1. The highest BCUT2D eigenvalue weighted by atomic mass is 16.3. The summed E-state index contributed by atoms with van der Waals surface area (Å²) in [5.41, 5.74) is 0.974. The average Bonchev–Trinajstić information content (AvgIpc) is 2.77. The SMILES string of the molecule is C[C@]12CCC(O)C=C1C(O)C[C@@H]1[C@H]2CC[C@]2(C)C(=O)CC[C@@H]12. The van der Waals surface area contributed by atoms with Crippen LogP contribution in [0.1, 0.15) is 58.8 Å². The van der Waals surface area contributed by atoms with Crippen molar-refractivity contribution in [1.29, 1.82) is 0 Å². The Balaban J connectivity index is 1.73. The van der Waals surface area contributed by atoms with Crippen LogP contribution in [0.2, 0.25) is 0 Å². The van der Waals surface area contributed by atoms with Crippen molar-refractivity contribution in [3.63, 3.8) is 0 Å². The third-order valence-electron chi connectivity index (χ3n) is 7.81. The van der Waals surface area contributed by atoms with Gasteiger partial charge in [-0.1, -0.05) is 19.9 Å². The van der Waals surface area contributed by atoms with Gasteiger partial charge < -0.3 is 10.2 Å². The van der Waals surface area contributed by atoms with Crippen molar-refractivity contribution in [2.45, 2.75) is 71.0 Å². The molecule has 0 bridgehead atoms. The molecule has 22 heavy (non-hydrogen) atoms. The quantitative estimate of drug-likeness (QED) is 0.677. The second-order valence-corrected chi connectivity index (χ2v) is 8.69. The molecule has 3 fully saturated rings. The van der Waals surface area contributed by atoms with Crippen molar-refractivity contribution >= 4 is 5.78 Å². The van der Waals surface area contributed by atoms with E-state index in [4.69, 9.17) is 0 Å². The standard InChI is InChI=1S/C19H28O3/c1-18-7-5-11(20)9-15(18)16(21)10-12-13-3-4-17(22)19(13,2)8-6-14(12)18/h9,11-14,16,20-21H,3-8,10H2,1-2H3/t11?,12-,13-,14+,16?,18+,19-/m0/s1. The zero-order valence-electron chi connectivity index (χ0n) is 13.7. The molecule has 0 aromatic carbocycles. The molecule has 2 unspecified atom stereocenters. The lowest BCUT2D eigenvalue weighted by atomic mass is 9.47. The van der Waals surface area contributed by atoms with Crippen LogP contribution >= 0.6 is 0 Å². The summed E-state index contributed by atoms with van der Waals surface area (Å²) in [5.74, 6) is 1.95. The molecule has 7 atom stereocenters. The van der Waals surface area contributed by atoms with Crippen molar-refractivity contribution in [1.82, 2.24) is 0 Å². The first kappa shape index (κ1) is 14.9. The topological polar surface area (TPSA) is 57.5 Å². The molecule has 3 heteroatoms. The Bertz CT molecular complexity index is 539. The first-order valence-electron chi connectivity index (χ1n) is 8.98. The third kappa shape index (κ3) is 1.78. The monoisotopic (exact) mass is 304 g/mol. The average molecular weight is 304 g/mol. The summed E-state index contributed by atoms with van der Waals surface area (Å²) >= 11 is 0. The van der Waals surface area contributed by atoms with Crippen LogP contribution in [0.25, 0.3) is 0 Å². The van der Waals surface area contributed by atoms with E-state index in [9.17, 15) is 15.0 Å². The summed E-state index contributed by atoms with van der Waals surface area (Å²) in [4.78, 5) is 12.4. The Morgan fingerprint density at radius 2 is 1.73 bits per heavy atom. The van der Waals surface area contributed by atoms with Crippen LogP contribution in [0, 0.1) is 28.6 Å². The number of carbonyl (C=O) groups is 1. The molecule has 0 heterocycles. The third-order valence-corrected chi connectivity index (χ3v) is 7.81. The number of rotatable bonds is 0. The fraction of sp³-hybridized carbons (Fsp3) is 0.842. The van der Waals surface area contributed by atoms with E-state index in [-0.39, 0.29) is 10.8 Å². The maximum atomic E-state index is 12.4. The number of hydrogen-bond donors (Lipinski definition) is 2. The summed E-state index contributed by atoms with van der Waals surface area (Å²) in [5, 5.41) is 20.7. The maximum Gasteiger partial charge on any atom is 0.139 e. The molecule has 0 aromatic rings. The minimum absolute atomic E-state index is 0.0224. The van der Waals surface area contributed by atoms with Gasteiger partial charge in [0.15, 0.2) is 0 Å². The molecule has 0 amide bonds. The Kier molecular flexibility index (Phi) is 3.16. The van der Waals surface area contributed by atoms with Gasteiger partial charge in [0.1, 0.15) is 5.78 Å². The summed E-state index contributed by atoms with van der Waals surface area (Å²) < 4.78 is 0. The fourth-order valence-corrected chi connectivity index (χ4v) is 6.53.